The fourth-order valence-electron chi connectivity index (χ4n) is 6.74. The lowest BCUT2D eigenvalue weighted by Gasteiger charge is -2.43. The predicted octanol–water partition coefficient (Wildman–Crippen LogP) is 2.48. The molecule has 33 heavy (non-hydrogen) atoms. The molecule has 2 aliphatic heterocycles. The summed E-state index contributed by atoms with van der Waals surface area (Å²) < 4.78 is 0. The maximum absolute atomic E-state index is 13.3. The average Bonchev–Trinajstić information content (AvgIpc) is 3.49. The van der Waals surface area contributed by atoms with Crippen LogP contribution in [-0.4, -0.2) is 49.7 Å². The zero-order valence-electron chi connectivity index (χ0n) is 17.5. The third kappa shape index (κ3) is 3.03. The van der Waals surface area contributed by atoms with Crippen molar-refractivity contribution in [3.05, 3.63) is 44.4 Å². The van der Waals surface area contributed by atoms with E-state index in [-0.39, 0.29) is 82.6 Å². The van der Waals surface area contributed by atoms with E-state index in [4.69, 9.17) is 5.11 Å². The summed E-state index contributed by atoms with van der Waals surface area (Å²) in [5.41, 5.74) is 0.999. The van der Waals surface area contributed by atoms with Crippen LogP contribution in [0, 0.1) is 29.6 Å². The second-order valence-corrected chi connectivity index (χ2v) is 11.6. The van der Waals surface area contributed by atoms with Crippen molar-refractivity contribution < 1.29 is 24.6 Å². The molecule has 1 aromatic carbocycles. The monoisotopic (exact) mass is 486 g/mol. The molecule has 3 heterocycles. The maximum atomic E-state index is 13.3. The Hall–Kier alpha value is -2.59. The number of H-pyrrole nitrogens is 1. The number of thioether (sulfide) groups is 1. The summed E-state index contributed by atoms with van der Waals surface area (Å²) in [5, 5.41) is 19.7. The van der Waals surface area contributed by atoms with Gasteiger partial charge in [0.25, 0.3) is 0 Å². The first-order valence-electron chi connectivity index (χ1n) is 11.1. The van der Waals surface area contributed by atoms with Gasteiger partial charge in [0.15, 0.2) is 0 Å². The summed E-state index contributed by atoms with van der Waals surface area (Å²) in [6, 6.07) is 7.05. The lowest BCUT2D eigenvalue weighted by atomic mass is 9.68. The van der Waals surface area contributed by atoms with Crippen LogP contribution in [0.3, 0.4) is 0 Å². The number of benzene rings is 1. The molecule has 6 rings (SSSR count). The minimum absolute atomic E-state index is 0.0302. The Morgan fingerprint density at radius 1 is 1.09 bits per heavy atom. The van der Waals surface area contributed by atoms with E-state index in [9.17, 15) is 24.3 Å². The van der Waals surface area contributed by atoms with E-state index in [1.165, 1.54) is 16.2 Å². The average molecular weight is 487 g/mol. The first kappa shape index (κ1) is 21.0. The summed E-state index contributed by atoms with van der Waals surface area (Å²) in [5.74, 6) is -1.69. The summed E-state index contributed by atoms with van der Waals surface area (Å²) in [7, 11) is 0. The van der Waals surface area contributed by atoms with Gasteiger partial charge in [0.2, 0.25) is 11.8 Å². The number of aromatic hydroxyl groups is 1. The van der Waals surface area contributed by atoms with Gasteiger partial charge in [0.1, 0.15) is 5.75 Å². The number of aliphatic carboxylic acids is 1. The number of carbonyl (C=O) groups excluding carboxylic acids is 2. The van der Waals surface area contributed by atoms with Gasteiger partial charge in [-0.1, -0.05) is 23.5 Å². The van der Waals surface area contributed by atoms with Crippen molar-refractivity contribution in [2.24, 2.45) is 29.6 Å². The molecule has 0 radical (unpaired) electrons. The van der Waals surface area contributed by atoms with E-state index < -0.39 is 5.97 Å². The van der Waals surface area contributed by atoms with Gasteiger partial charge < -0.3 is 15.2 Å². The third-order valence-electron chi connectivity index (χ3n) is 7.84. The molecule has 0 unspecified atom stereocenters. The highest BCUT2D eigenvalue weighted by Crippen LogP contribution is 2.68. The lowest BCUT2D eigenvalue weighted by molar-refractivity contribution is -0.142. The van der Waals surface area contributed by atoms with Gasteiger partial charge in [-0.2, -0.15) is 0 Å². The molecule has 3 N–H and O–H groups in total. The van der Waals surface area contributed by atoms with Crippen molar-refractivity contribution >= 4 is 40.9 Å². The summed E-state index contributed by atoms with van der Waals surface area (Å²) in [6.45, 7) is 0.154. The smallest absolute Gasteiger partial charge is 0.305 e. The topological polar surface area (TPSA) is 128 Å². The van der Waals surface area contributed by atoms with Gasteiger partial charge in [-0.05, 0) is 48.3 Å². The number of imide groups is 1. The number of aromatic amines is 1. The molecule has 2 saturated carbocycles. The number of phenolic OH excluding ortho intramolecular Hbond substituents is 1. The first-order valence-corrected chi connectivity index (χ1v) is 12.8. The van der Waals surface area contributed by atoms with Crippen LogP contribution >= 0.6 is 23.1 Å². The van der Waals surface area contributed by atoms with E-state index in [0.717, 1.165) is 21.9 Å². The van der Waals surface area contributed by atoms with Crippen LogP contribution in [0.5, 0.6) is 5.75 Å². The van der Waals surface area contributed by atoms with Gasteiger partial charge in [0, 0.05) is 29.0 Å². The second-order valence-electron chi connectivity index (χ2n) is 9.38. The minimum atomic E-state index is -0.936. The number of hydrogen-bond donors (Lipinski definition) is 3. The highest BCUT2D eigenvalue weighted by molar-refractivity contribution is 8.00. The van der Waals surface area contributed by atoms with Crippen molar-refractivity contribution in [1.82, 2.24) is 9.88 Å². The highest BCUT2D eigenvalue weighted by atomic mass is 32.2. The molecule has 2 aromatic rings. The van der Waals surface area contributed by atoms with Crippen molar-refractivity contribution in [1.29, 1.82) is 0 Å². The van der Waals surface area contributed by atoms with Gasteiger partial charge in [0.05, 0.1) is 16.9 Å². The largest absolute Gasteiger partial charge is 0.508 e. The molecule has 2 amide bonds. The predicted molar refractivity (Wildman–Crippen MR) is 120 cm³/mol. The van der Waals surface area contributed by atoms with E-state index in [0.29, 0.717) is 0 Å². The molecule has 1 aromatic heterocycles. The van der Waals surface area contributed by atoms with Crippen LogP contribution in [0.1, 0.15) is 35.6 Å². The fourth-order valence-corrected chi connectivity index (χ4v) is 9.63. The fraction of sp³-hybridized carbons (Fsp3) is 0.478. The number of carbonyl (C=O) groups is 3. The van der Waals surface area contributed by atoms with E-state index in [1.54, 1.807) is 23.9 Å². The first-order chi connectivity index (χ1) is 15.8. The minimum Gasteiger partial charge on any atom is -0.508 e. The standard InChI is InChI=1S/C23H22N2O6S2/c26-10-5-3-9(4-6-10)14-15-11-8-12(18(15)32-20-19(14)33-23(31)24-20)17-16(11)21(29)25(22(17)30)7-1-2-13(27)28/h3-6,11-12,14-18,26H,1-2,7-8H2,(H,24,31)(H,27,28)/t11-,12-,14+,15+,16-,17+,18-/m1/s1. The molecule has 8 nitrogen and oxygen atoms in total. The highest BCUT2D eigenvalue weighted by Gasteiger charge is 2.69. The third-order valence-corrected chi connectivity index (χ3v) is 10.4. The van der Waals surface area contributed by atoms with Gasteiger partial charge in [-0.15, -0.1) is 11.8 Å². The zero-order chi connectivity index (χ0) is 23.0. The maximum Gasteiger partial charge on any atom is 0.305 e. The molecule has 3 fully saturated rings. The molecule has 7 atom stereocenters. The number of nitrogens with one attached hydrogen (secondary N) is 1. The van der Waals surface area contributed by atoms with Crippen molar-refractivity contribution in [2.45, 2.75) is 35.5 Å². The Kier molecular flexibility index (Phi) is 4.74. The van der Waals surface area contributed by atoms with Crippen molar-refractivity contribution in [2.75, 3.05) is 6.54 Å². The number of phenols is 1. The molecule has 2 bridgehead atoms. The molecule has 1 saturated heterocycles. The van der Waals surface area contributed by atoms with Crippen LogP contribution in [0.15, 0.2) is 34.1 Å². The van der Waals surface area contributed by atoms with Crippen molar-refractivity contribution in [3.8, 4) is 5.75 Å². The number of hydrogen-bond acceptors (Lipinski definition) is 7. The molecule has 172 valence electrons. The number of aromatic nitrogens is 1. The van der Waals surface area contributed by atoms with E-state index in [1.807, 2.05) is 12.1 Å². The Morgan fingerprint density at radius 3 is 2.48 bits per heavy atom. The number of carboxylic acid groups (broad SMARTS) is 1. The number of thiazole rings is 1. The molecule has 0 spiro atoms. The Labute approximate surface area is 197 Å². The van der Waals surface area contributed by atoms with E-state index >= 15 is 0 Å². The molecule has 2 aliphatic carbocycles. The number of fused-ring (bicyclic) bond motifs is 9. The SMILES string of the molecule is O=C(O)CCCN1C(=O)[C@@H]2[C@@H]3C[C@@H]([C@H]4Sc5[nH]c(=O)sc5[C@@H](c5ccc(O)cc5)[C@H]34)[C@@H]2C1=O. The molecule has 10 heteroatoms. The number of likely N-dealkylation sites (tertiary alicyclic amines) is 1. The zero-order valence-corrected chi connectivity index (χ0v) is 19.1. The molecular weight excluding hydrogens is 464 g/mol. The van der Waals surface area contributed by atoms with Gasteiger partial charge in [-0.25, -0.2) is 0 Å². The van der Waals surface area contributed by atoms with Gasteiger partial charge in [-0.3, -0.25) is 24.1 Å². The Morgan fingerprint density at radius 2 is 1.79 bits per heavy atom. The normalized spacial score (nSPS) is 33.8. The van der Waals surface area contributed by atoms with Crippen LogP contribution in [-0.2, 0) is 14.4 Å². The molecular formula is C23H22N2O6S2. The summed E-state index contributed by atoms with van der Waals surface area (Å²) in [6.07, 6.45) is 1.00. The number of carboxylic acids is 1. The quantitative estimate of drug-likeness (QED) is 0.554. The Bertz CT molecular complexity index is 1220. The number of amides is 2. The summed E-state index contributed by atoms with van der Waals surface area (Å²) >= 11 is 2.84. The lowest BCUT2D eigenvalue weighted by Crippen LogP contribution is -2.42. The number of rotatable bonds is 5. The van der Waals surface area contributed by atoms with Gasteiger partial charge >= 0.3 is 10.8 Å². The van der Waals surface area contributed by atoms with Crippen molar-refractivity contribution in [3.63, 3.8) is 0 Å². The van der Waals surface area contributed by atoms with Crippen LogP contribution in [0.25, 0.3) is 0 Å². The summed E-state index contributed by atoms with van der Waals surface area (Å²) in [4.78, 5) is 54.8. The Balaban J connectivity index is 1.37. The van der Waals surface area contributed by atoms with E-state index in [2.05, 4.69) is 4.98 Å². The van der Waals surface area contributed by atoms with Crippen LogP contribution in [0.4, 0.5) is 0 Å². The van der Waals surface area contributed by atoms with Crippen LogP contribution in [0.2, 0.25) is 0 Å². The number of nitrogens with zero attached hydrogens (tertiary/aromatic N) is 1. The second kappa shape index (κ2) is 7.46. The van der Waals surface area contributed by atoms with Crippen LogP contribution < -0.4 is 4.87 Å². The molecule has 4 aliphatic rings.